The maximum absolute atomic E-state index is 13.3. The fraction of sp³-hybridized carbons (Fsp3) is 0.0667. The lowest BCUT2D eigenvalue weighted by Gasteiger charge is -2.08. The molecule has 2 N–H and O–H groups in total. The number of nitrogens with zero attached hydrogens (tertiary/aromatic N) is 1. The zero-order chi connectivity index (χ0) is 14.8. The summed E-state index contributed by atoms with van der Waals surface area (Å²) in [7, 11) is 0. The van der Waals surface area contributed by atoms with Crippen molar-refractivity contribution in [1.29, 1.82) is 0 Å². The van der Waals surface area contributed by atoms with Crippen molar-refractivity contribution in [3.05, 3.63) is 70.2 Å². The number of H-pyrrole nitrogens is 1. The van der Waals surface area contributed by atoms with Crippen molar-refractivity contribution in [2.24, 2.45) is 0 Å². The Balaban J connectivity index is 1.90. The van der Waals surface area contributed by atoms with Gasteiger partial charge in [-0.25, -0.2) is 4.39 Å². The first kappa shape index (κ1) is 13.1. The molecular formula is C15H12FN3O2. The summed E-state index contributed by atoms with van der Waals surface area (Å²) < 4.78 is 13.3. The Labute approximate surface area is 119 Å². The Morgan fingerprint density at radius 1 is 1.24 bits per heavy atom. The smallest absolute Gasteiger partial charge is 0.292 e. The molecule has 0 saturated heterocycles. The minimum absolute atomic E-state index is 0.143. The molecule has 0 aliphatic rings. The average Bonchev–Trinajstić information content (AvgIpc) is 2.93. The molecule has 6 heteroatoms. The molecule has 3 rings (SSSR count). The van der Waals surface area contributed by atoms with Gasteiger partial charge in [0.25, 0.3) is 5.69 Å². The van der Waals surface area contributed by atoms with E-state index in [2.05, 4.69) is 10.3 Å². The van der Waals surface area contributed by atoms with Crippen molar-refractivity contribution in [3.63, 3.8) is 0 Å². The van der Waals surface area contributed by atoms with Gasteiger partial charge >= 0.3 is 0 Å². The summed E-state index contributed by atoms with van der Waals surface area (Å²) in [6.07, 6.45) is 1.83. The van der Waals surface area contributed by atoms with Gasteiger partial charge in [-0.15, -0.1) is 0 Å². The number of aromatic amines is 1. The predicted molar refractivity (Wildman–Crippen MR) is 78.7 cm³/mol. The second-order valence-corrected chi connectivity index (χ2v) is 4.63. The maximum atomic E-state index is 13.3. The van der Waals surface area contributed by atoms with Crippen molar-refractivity contribution in [2.75, 3.05) is 5.32 Å². The number of para-hydroxylation sites is 1. The number of nitro benzene ring substituents is 1. The van der Waals surface area contributed by atoms with Gasteiger partial charge in [-0.2, -0.15) is 0 Å². The normalized spacial score (nSPS) is 10.7. The highest BCUT2D eigenvalue weighted by Gasteiger charge is 2.14. The zero-order valence-corrected chi connectivity index (χ0v) is 11.0. The highest BCUT2D eigenvalue weighted by atomic mass is 19.1. The first-order chi connectivity index (χ1) is 10.1. The SMILES string of the molecule is O=[N+]([O-])c1ccc(F)cc1NCc1cccc2cc[nH]c12. The lowest BCUT2D eigenvalue weighted by atomic mass is 10.1. The number of anilines is 1. The molecule has 106 valence electrons. The van der Waals surface area contributed by atoms with Crippen molar-refractivity contribution in [3.8, 4) is 0 Å². The van der Waals surface area contributed by atoms with Crippen LogP contribution in [0.3, 0.4) is 0 Å². The van der Waals surface area contributed by atoms with Crippen molar-refractivity contribution in [2.45, 2.75) is 6.54 Å². The molecule has 0 unspecified atom stereocenters. The first-order valence-corrected chi connectivity index (χ1v) is 6.38. The van der Waals surface area contributed by atoms with Gasteiger partial charge in [-0.3, -0.25) is 10.1 Å². The second kappa shape index (κ2) is 5.24. The standard InChI is InChI=1S/C15H12FN3O2/c16-12-4-5-14(19(20)21)13(8-12)18-9-11-3-1-2-10-6-7-17-15(10)11/h1-8,17-18H,9H2. The second-order valence-electron chi connectivity index (χ2n) is 4.63. The largest absolute Gasteiger partial charge is 0.375 e. The van der Waals surface area contributed by atoms with E-state index in [1.165, 1.54) is 0 Å². The molecule has 0 aliphatic carbocycles. The Hall–Kier alpha value is -2.89. The molecule has 1 heterocycles. The third-order valence-corrected chi connectivity index (χ3v) is 3.30. The highest BCUT2D eigenvalue weighted by Crippen LogP contribution is 2.26. The summed E-state index contributed by atoms with van der Waals surface area (Å²) in [5.41, 5.74) is 1.94. The molecule has 3 aromatic rings. The number of fused-ring (bicyclic) bond motifs is 1. The molecular weight excluding hydrogens is 273 g/mol. The molecule has 0 radical (unpaired) electrons. The van der Waals surface area contributed by atoms with E-state index in [1.807, 2.05) is 30.5 Å². The fourth-order valence-electron chi connectivity index (χ4n) is 2.30. The van der Waals surface area contributed by atoms with Crippen LogP contribution in [0.5, 0.6) is 0 Å². The van der Waals surface area contributed by atoms with E-state index in [0.717, 1.165) is 34.7 Å². The van der Waals surface area contributed by atoms with Gasteiger partial charge in [-0.05, 0) is 23.1 Å². The van der Waals surface area contributed by atoms with Gasteiger partial charge < -0.3 is 10.3 Å². The fourth-order valence-corrected chi connectivity index (χ4v) is 2.30. The van der Waals surface area contributed by atoms with Crippen LogP contribution < -0.4 is 5.32 Å². The molecule has 0 saturated carbocycles. The van der Waals surface area contributed by atoms with E-state index < -0.39 is 10.7 Å². The summed E-state index contributed by atoms with van der Waals surface area (Å²) in [6, 6.07) is 11.1. The minimum atomic E-state index is -0.531. The molecule has 0 fully saturated rings. The Morgan fingerprint density at radius 3 is 2.90 bits per heavy atom. The lowest BCUT2D eigenvalue weighted by Crippen LogP contribution is -2.03. The number of halogens is 1. The topological polar surface area (TPSA) is 71.0 Å². The van der Waals surface area contributed by atoms with Gasteiger partial charge in [0.15, 0.2) is 0 Å². The van der Waals surface area contributed by atoms with E-state index in [-0.39, 0.29) is 11.4 Å². The number of rotatable bonds is 4. The van der Waals surface area contributed by atoms with E-state index >= 15 is 0 Å². The summed E-state index contributed by atoms with van der Waals surface area (Å²) in [6.45, 7) is 0.363. The first-order valence-electron chi connectivity index (χ1n) is 6.38. The van der Waals surface area contributed by atoms with Crippen molar-refractivity contribution in [1.82, 2.24) is 4.98 Å². The van der Waals surface area contributed by atoms with E-state index in [9.17, 15) is 14.5 Å². The molecule has 0 aliphatic heterocycles. The Bertz CT molecular complexity index is 814. The number of nitro groups is 1. The monoisotopic (exact) mass is 285 g/mol. The van der Waals surface area contributed by atoms with Crippen LogP contribution >= 0.6 is 0 Å². The van der Waals surface area contributed by atoms with Crippen LogP contribution in [0.2, 0.25) is 0 Å². The molecule has 0 spiro atoms. The van der Waals surface area contributed by atoms with Crippen molar-refractivity contribution >= 4 is 22.3 Å². The third kappa shape index (κ3) is 2.55. The molecule has 0 bridgehead atoms. The molecule has 2 aromatic carbocycles. The van der Waals surface area contributed by atoms with Crippen LogP contribution in [0.4, 0.5) is 15.8 Å². The number of hydrogen-bond acceptors (Lipinski definition) is 3. The van der Waals surface area contributed by atoms with Gasteiger partial charge in [0.2, 0.25) is 0 Å². The average molecular weight is 285 g/mol. The quantitative estimate of drug-likeness (QED) is 0.565. The van der Waals surface area contributed by atoms with Crippen LogP contribution in [0, 0.1) is 15.9 Å². The van der Waals surface area contributed by atoms with Crippen molar-refractivity contribution < 1.29 is 9.31 Å². The Morgan fingerprint density at radius 2 is 2.10 bits per heavy atom. The van der Waals surface area contributed by atoms with Gasteiger partial charge in [0, 0.05) is 24.9 Å². The summed E-state index contributed by atoms with van der Waals surface area (Å²) >= 11 is 0. The summed E-state index contributed by atoms with van der Waals surface area (Å²) in [5.74, 6) is -0.513. The predicted octanol–water partition coefficient (Wildman–Crippen LogP) is 3.83. The van der Waals surface area contributed by atoms with Crippen LogP contribution in [0.1, 0.15) is 5.56 Å². The van der Waals surface area contributed by atoms with Gasteiger partial charge in [-0.1, -0.05) is 18.2 Å². The molecule has 1 aromatic heterocycles. The van der Waals surface area contributed by atoms with Crippen LogP contribution in [0.15, 0.2) is 48.7 Å². The third-order valence-electron chi connectivity index (χ3n) is 3.30. The maximum Gasteiger partial charge on any atom is 0.292 e. The van der Waals surface area contributed by atoms with Crippen LogP contribution in [-0.2, 0) is 6.54 Å². The number of nitrogens with one attached hydrogen (secondary N) is 2. The van der Waals surface area contributed by atoms with E-state index in [1.54, 1.807) is 0 Å². The highest BCUT2D eigenvalue weighted by molar-refractivity contribution is 5.82. The summed E-state index contributed by atoms with van der Waals surface area (Å²) in [5, 5.41) is 14.9. The number of benzene rings is 2. The van der Waals surface area contributed by atoms with Crippen LogP contribution in [-0.4, -0.2) is 9.91 Å². The molecule has 0 atom stereocenters. The van der Waals surface area contributed by atoms with Gasteiger partial charge in [0.1, 0.15) is 11.5 Å². The van der Waals surface area contributed by atoms with Crippen LogP contribution in [0.25, 0.3) is 10.9 Å². The summed E-state index contributed by atoms with van der Waals surface area (Å²) in [4.78, 5) is 13.5. The number of hydrogen-bond donors (Lipinski definition) is 2. The number of aromatic nitrogens is 1. The Kier molecular flexibility index (Phi) is 3.27. The van der Waals surface area contributed by atoms with E-state index in [0.29, 0.717) is 6.54 Å². The van der Waals surface area contributed by atoms with E-state index in [4.69, 9.17) is 0 Å². The molecule has 5 nitrogen and oxygen atoms in total. The zero-order valence-electron chi connectivity index (χ0n) is 11.0. The van der Waals surface area contributed by atoms with Gasteiger partial charge in [0.05, 0.1) is 10.4 Å². The molecule has 0 amide bonds. The lowest BCUT2D eigenvalue weighted by molar-refractivity contribution is -0.384. The molecule has 21 heavy (non-hydrogen) atoms. The minimum Gasteiger partial charge on any atom is -0.375 e.